The second-order valence-electron chi connectivity index (χ2n) is 3.98. The molecule has 1 aromatic carbocycles. The van der Waals surface area contributed by atoms with E-state index in [2.05, 4.69) is 12.6 Å². The third kappa shape index (κ3) is 2.45. The van der Waals surface area contributed by atoms with E-state index in [0.29, 0.717) is 35.5 Å². The Labute approximate surface area is 110 Å². The van der Waals surface area contributed by atoms with E-state index in [0.717, 1.165) is 0 Å². The van der Waals surface area contributed by atoms with Crippen LogP contribution in [0.2, 0.25) is 0 Å². The number of rotatable bonds is 5. The summed E-state index contributed by atoms with van der Waals surface area (Å²) >= 11 is 4.00. The summed E-state index contributed by atoms with van der Waals surface area (Å²) in [5.74, 6) is 1.38. The Balaban J connectivity index is 2.34. The molecule has 0 spiro atoms. The smallest absolute Gasteiger partial charge is 0.231 e. The number of hydrogen-bond acceptors (Lipinski definition) is 6. The monoisotopic (exact) mass is 270 g/mol. The average Bonchev–Trinajstić information content (AvgIpc) is 2.83. The first-order chi connectivity index (χ1) is 8.67. The molecule has 0 aromatic heterocycles. The van der Waals surface area contributed by atoms with Crippen LogP contribution in [-0.4, -0.2) is 35.1 Å². The lowest BCUT2D eigenvalue weighted by Crippen LogP contribution is -2.20. The minimum absolute atomic E-state index is 0.0897. The van der Waals surface area contributed by atoms with Gasteiger partial charge in [0.05, 0.1) is 6.10 Å². The van der Waals surface area contributed by atoms with Crippen LogP contribution in [0.4, 0.5) is 0 Å². The highest BCUT2D eigenvalue weighted by atomic mass is 32.1. The molecule has 6 heteroatoms. The SMILES string of the molecule is O=Cc1cc2c(cc1C(O)C(O)CCS)OCO2. The van der Waals surface area contributed by atoms with Gasteiger partial charge in [-0.25, -0.2) is 0 Å². The van der Waals surface area contributed by atoms with E-state index in [4.69, 9.17) is 9.47 Å². The largest absolute Gasteiger partial charge is 0.454 e. The molecule has 98 valence electrons. The molecule has 0 bridgehead atoms. The average molecular weight is 270 g/mol. The van der Waals surface area contributed by atoms with Gasteiger partial charge in [0.15, 0.2) is 17.8 Å². The van der Waals surface area contributed by atoms with E-state index in [-0.39, 0.29) is 12.4 Å². The number of carbonyl (C=O) groups is 1. The molecular formula is C12H14O5S. The first-order valence-electron chi connectivity index (χ1n) is 5.53. The molecule has 0 radical (unpaired) electrons. The number of aliphatic hydroxyl groups is 2. The van der Waals surface area contributed by atoms with Gasteiger partial charge in [0.1, 0.15) is 6.10 Å². The number of aliphatic hydroxyl groups excluding tert-OH is 2. The topological polar surface area (TPSA) is 76.0 Å². The lowest BCUT2D eigenvalue weighted by molar-refractivity contribution is 0.0168. The third-order valence-corrected chi connectivity index (χ3v) is 3.07. The predicted molar refractivity (Wildman–Crippen MR) is 67.4 cm³/mol. The second-order valence-corrected chi connectivity index (χ2v) is 4.42. The second kappa shape index (κ2) is 5.60. The van der Waals surface area contributed by atoms with E-state index in [1.165, 1.54) is 12.1 Å². The summed E-state index contributed by atoms with van der Waals surface area (Å²) in [7, 11) is 0. The van der Waals surface area contributed by atoms with Crippen molar-refractivity contribution in [2.75, 3.05) is 12.5 Å². The van der Waals surface area contributed by atoms with Crippen molar-refractivity contribution in [3.05, 3.63) is 23.3 Å². The van der Waals surface area contributed by atoms with Crippen LogP contribution in [0.3, 0.4) is 0 Å². The van der Waals surface area contributed by atoms with Gasteiger partial charge in [-0.1, -0.05) is 0 Å². The number of ether oxygens (including phenoxy) is 2. The lowest BCUT2D eigenvalue weighted by atomic mass is 9.97. The highest BCUT2D eigenvalue weighted by molar-refractivity contribution is 7.80. The van der Waals surface area contributed by atoms with E-state index in [1.807, 2.05) is 0 Å². The highest BCUT2D eigenvalue weighted by Crippen LogP contribution is 2.37. The molecule has 1 aromatic rings. The van der Waals surface area contributed by atoms with Crippen molar-refractivity contribution in [2.24, 2.45) is 0 Å². The molecule has 2 unspecified atom stereocenters. The van der Waals surface area contributed by atoms with Crippen molar-refractivity contribution in [2.45, 2.75) is 18.6 Å². The van der Waals surface area contributed by atoms with Gasteiger partial charge in [0.2, 0.25) is 6.79 Å². The number of carbonyl (C=O) groups excluding carboxylic acids is 1. The molecule has 0 fully saturated rings. The summed E-state index contributed by atoms with van der Waals surface area (Å²) in [5.41, 5.74) is 0.619. The number of thiol groups is 1. The summed E-state index contributed by atoms with van der Waals surface area (Å²) in [5, 5.41) is 19.8. The van der Waals surface area contributed by atoms with Crippen LogP contribution in [0.1, 0.15) is 28.4 Å². The van der Waals surface area contributed by atoms with Crippen LogP contribution in [0.15, 0.2) is 12.1 Å². The minimum Gasteiger partial charge on any atom is -0.454 e. The van der Waals surface area contributed by atoms with Gasteiger partial charge >= 0.3 is 0 Å². The molecule has 2 atom stereocenters. The van der Waals surface area contributed by atoms with Crippen LogP contribution in [0.5, 0.6) is 11.5 Å². The fourth-order valence-corrected chi connectivity index (χ4v) is 2.09. The molecule has 2 rings (SSSR count). The maximum Gasteiger partial charge on any atom is 0.231 e. The Morgan fingerprint density at radius 2 is 2.00 bits per heavy atom. The minimum atomic E-state index is -1.15. The Hall–Kier alpha value is -1.24. The maximum absolute atomic E-state index is 11.0. The summed E-state index contributed by atoms with van der Waals surface area (Å²) in [6, 6.07) is 3.03. The van der Waals surface area contributed by atoms with Gasteiger partial charge < -0.3 is 19.7 Å². The maximum atomic E-state index is 11.0. The fourth-order valence-electron chi connectivity index (χ4n) is 1.83. The van der Waals surface area contributed by atoms with E-state index in [1.54, 1.807) is 0 Å². The molecular weight excluding hydrogens is 256 g/mol. The van der Waals surface area contributed by atoms with Crippen molar-refractivity contribution >= 4 is 18.9 Å². The molecule has 1 aliphatic rings. The van der Waals surface area contributed by atoms with Crippen molar-refractivity contribution in [3.63, 3.8) is 0 Å². The first kappa shape index (κ1) is 13.2. The number of aldehydes is 1. The van der Waals surface area contributed by atoms with Crippen LogP contribution < -0.4 is 9.47 Å². The molecule has 0 amide bonds. The molecule has 1 heterocycles. The van der Waals surface area contributed by atoms with Crippen LogP contribution in [0, 0.1) is 0 Å². The predicted octanol–water partition coefficient (Wildman–Crippen LogP) is 0.942. The van der Waals surface area contributed by atoms with Gasteiger partial charge in [0, 0.05) is 5.56 Å². The Bertz CT molecular complexity index is 448. The molecule has 18 heavy (non-hydrogen) atoms. The standard InChI is InChI=1S/C12H14O5S/c13-5-7-3-10-11(17-6-16-10)4-8(7)12(15)9(14)1-2-18/h3-5,9,12,14-15,18H,1-2,6H2. The van der Waals surface area contributed by atoms with Gasteiger partial charge in [-0.05, 0) is 29.9 Å². The highest BCUT2D eigenvalue weighted by Gasteiger charge is 2.24. The third-order valence-electron chi connectivity index (χ3n) is 2.81. The van der Waals surface area contributed by atoms with Crippen molar-refractivity contribution in [3.8, 4) is 11.5 Å². The molecule has 1 aliphatic heterocycles. The van der Waals surface area contributed by atoms with E-state index < -0.39 is 12.2 Å². The van der Waals surface area contributed by atoms with E-state index in [9.17, 15) is 15.0 Å². The quantitative estimate of drug-likeness (QED) is 0.548. The van der Waals surface area contributed by atoms with Gasteiger partial charge in [-0.15, -0.1) is 0 Å². The number of fused-ring (bicyclic) bond motifs is 1. The molecule has 0 saturated heterocycles. The summed E-state index contributed by atoms with van der Waals surface area (Å²) < 4.78 is 10.3. The molecule has 0 saturated carbocycles. The summed E-state index contributed by atoms with van der Waals surface area (Å²) in [4.78, 5) is 11.0. The Kier molecular flexibility index (Phi) is 4.11. The molecule has 2 N–H and O–H groups in total. The summed E-state index contributed by atoms with van der Waals surface area (Å²) in [6.45, 7) is 0.0897. The molecule has 0 aliphatic carbocycles. The number of benzene rings is 1. The van der Waals surface area contributed by atoms with Crippen molar-refractivity contribution in [1.82, 2.24) is 0 Å². The lowest BCUT2D eigenvalue weighted by Gasteiger charge is -2.19. The molecule has 5 nitrogen and oxygen atoms in total. The first-order valence-corrected chi connectivity index (χ1v) is 6.16. The Morgan fingerprint density at radius 1 is 1.33 bits per heavy atom. The number of hydrogen-bond donors (Lipinski definition) is 3. The zero-order valence-electron chi connectivity index (χ0n) is 9.57. The van der Waals surface area contributed by atoms with E-state index >= 15 is 0 Å². The fraction of sp³-hybridized carbons (Fsp3) is 0.417. The Morgan fingerprint density at radius 3 is 2.61 bits per heavy atom. The summed E-state index contributed by atoms with van der Waals surface area (Å²) in [6.07, 6.45) is -1.17. The van der Waals surface area contributed by atoms with Crippen LogP contribution in [-0.2, 0) is 0 Å². The van der Waals surface area contributed by atoms with Gasteiger partial charge in [-0.3, -0.25) is 4.79 Å². The van der Waals surface area contributed by atoms with Crippen molar-refractivity contribution in [1.29, 1.82) is 0 Å². The zero-order chi connectivity index (χ0) is 13.1. The van der Waals surface area contributed by atoms with Crippen molar-refractivity contribution < 1.29 is 24.5 Å². The van der Waals surface area contributed by atoms with Gasteiger partial charge in [0.25, 0.3) is 0 Å². The normalized spacial score (nSPS) is 16.4. The van der Waals surface area contributed by atoms with Crippen LogP contribution >= 0.6 is 12.6 Å². The van der Waals surface area contributed by atoms with Gasteiger partial charge in [-0.2, -0.15) is 12.6 Å². The van der Waals surface area contributed by atoms with Crippen LogP contribution in [0.25, 0.3) is 0 Å². The zero-order valence-corrected chi connectivity index (χ0v) is 10.5.